The van der Waals surface area contributed by atoms with Crippen molar-refractivity contribution in [3.8, 4) is 0 Å². The van der Waals surface area contributed by atoms with E-state index >= 15 is 0 Å². The highest BCUT2D eigenvalue weighted by Gasteiger charge is 2.23. The first-order chi connectivity index (χ1) is 12.9. The smallest absolute Gasteiger partial charge is 0.0780 e. The van der Waals surface area contributed by atoms with Gasteiger partial charge in [-0.3, -0.25) is 0 Å². The van der Waals surface area contributed by atoms with Crippen LogP contribution in [-0.2, 0) is 0 Å². The molecule has 1 nitrogen and oxygen atoms in total. The zero-order valence-electron chi connectivity index (χ0n) is 14.4. The second-order valence-electron chi connectivity index (χ2n) is 6.72. The topological polar surface area (TPSA) is 12.0 Å². The van der Waals surface area contributed by atoms with Crippen LogP contribution in [0.15, 0.2) is 85.6 Å². The van der Waals surface area contributed by atoms with Crippen molar-refractivity contribution in [3.63, 3.8) is 0 Å². The molecule has 4 aromatic rings. The van der Waals surface area contributed by atoms with Crippen LogP contribution in [0.2, 0.25) is 0 Å². The summed E-state index contributed by atoms with van der Waals surface area (Å²) in [6, 6.07) is 26.1. The molecule has 4 aromatic carbocycles. The maximum absolute atomic E-state index is 4.05. The fraction of sp³-hybridized carbons (Fsp3) is 0.0400. The predicted octanol–water partition coefficient (Wildman–Crippen LogP) is 6.30. The summed E-state index contributed by atoms with van der Waals surface area (Å²) in [7, 11) is 0. The molecule has 124 valence electrons. The number of hydrogen-bond acceptors (Lipinski definition) is 1. The molecule has 5 rings (SSSR count). The van der Waals surface area contributed by atoms with Crippen molar-refractivity contribution in [2.75, 3.05) is 0 Å². The number of hydrogen-bond donors (Lipinski definition) is 1. The van der Waals surface area contributed by atoms with E-state index in [0.29, 0.717) is 0 Å². The van der Waals surface area contributed by atoms with Crippen molar-refractivity contribution in [1.29, 1.82) is 0 Å². The second-order valence-corrected chi connectivity index (χ2v) is 6.72. The highest BCUT2D eigenvalue weighted by Crippen LogP contribution is 2.38. The molecular formula is C25H19N. The molecule has 1 unspecified atom stereocenters. The summed E-state index contributed by atoms with van der Waals surface area (Å²) in [5.74, 6) is 0. The van der Waals surface area contributed by atoms with Gasteiger partial charge in [-0.1, -0.05) is 85.5 Å². The summed E-state index contributed by atoms with van der Waals surface area (Å²) in [6.07, 6.45) is 6.23. The molecule has 0 fully saturated rings. The van der Waals surface area contributed by atoms with Gasteiger partial charge in [0.2, 0.25) is 0 Å². The van der Waals surface area contributed by atoms with Gasteiger partial charge in [0.15, 0.2) is 0 Å². The molecule has 0 aromatic heterocycles. The molecule has 0 spiro atoms. The minimum Gasteiger partial charge on any atom is -0.380 e. The molecule has 0 saturated carbocycles. The van der Waals surface area contributed by atoms with Crippen LogP contribution in [0, 0.1) is 0 Å². The molecule has 1 heteroatoms. The first-order valence-corrected chi connectivity index (χ1v) is 8.95. The Morgan fingerprint density at radius 3 is 2.27 bits per heavy atom. The molecule has 0 radical (unpaired) electrons. The van der Waals surface area contributed by atoms with Gasteiger partial charge >= 0.3 is 0 Å². The van der Waals surface area contributed by atoms with Crippen LogP contribution in [0.5, 0.6) is 0 Å². The fourth-order valence-electron chi connectivity index (χ4n) is 4.12. The molecule has 1 N–H and O–H groups in total. The lowest BCUT2D eigenvalue weighted by atomic mass is 9.85. The van der Waals surface area contributed by atoms with Gasteiger partial charge in [0, 0.05) is 0 Å². The van der Waals surface area contributed by atoms with Crippen LogP contribution in [0.3, 0.4) is 0 Å². The van der Waals surface area contributed by atoms with E-state index in [2.05, 4.69) is 97.0 Å². The predicted molar refractivity (Wildman–Crippen MR) is 112 cm³/mol. The third kappa shape index (κ3) is 2.18. The summed E-state index contributed by atoms with van der Waals surface area (Å²) >= 11 is 0. The van der Waals surface area contributed by atoms with E-state index in [0.717, 1.165) is 0 Å². The zero-order chi connectivity index (χ0) is 17.5. The van der Waals surface area contributed by atoms with Crippen LogP contribution >= 0.6 is 0 Å². The van der Waals surface area contributed by atoms with E-state index < -0.39 is 0 Å². The van der Waals surface area contributed by atoms with Crippen LogP contribution in [0.25, 0.3) is 33.7 Å². The standard InChI is InChI=1S/C25H19N/c1-2-17-11-12-19-8-4-6-10-21(19)24(17)25-23-14-13-18-7-3-5-9-20(18)22(23)15-16-26-25/h2-16,25-26H,1H2. The Balaban J connectivity index is 1.82. The molecule has 0 bridgehead atoms. The summed E-state index contributed by atoms with van der Waals surface area (Å²) in [5.41, 5.74) is 5.08. The maximum Gasteiger partial charge on any atom is 0.0780 e. The van der Waals surface area contributed by atoms with Crippen molar-refractivity contribution < 1.29 is 0 Å². The van der Waals surface area contributed by atoms with E-state index in [1.165, 1.54) is 43.8 Å². The molecule has 0 amide bonds. The third-order valence-electron chi connectivity index (χ3n) is 5.34. The summed E-state index contributed by atoms with van der Waals surface area (Å²) in [4.78, 5) is 0. The van der Waals surface area contributed by atoms with E-state index in [1.807, 2.05) is 6.08 Å². The monoisotopic (exact) mass is 333 g/mol. The Bertz CT molecular complexity index is 1180. The number of fused-ring (bicyclic) bond motifs is 4. The first-order valence-electron chi connectivity index (χ1n) is 8.95. The molecule has 1 aliphatic rings. The van der Waals surface area contributed by atoms with Gasteiger partial charge in [0.05, 0.1) is 6.04 Å². The number of rotatable bonds is 2. The van der Waals surface area contributed by atoms with Gasteiger partial charge < -0.3 is 5.32 Å². The van der Waals surface area contributed by atoms with Crippen molar-refractivity contribution in [3.05, 3.63) is 108 Å². The number of benzene rings is 4. The number of nitrogens with one attached hydrogen (secondary N) is 1. The third-order valence-corrected chi connectivity index (χ3v) is 5.34. The highest BCUT2D eigenvalue weighted by atomic mass is 14.9. The van der Waals surface area contributed by atoms with Gasteiger partial charge in [0.1, 0.15) is 0 Å². The van der Waals surface area contributed by atoms with Gasteiger partial charge in [-0.2, -0.15) is 0 Å². The highest BCUT2D eigenvalue weighted by molar-refractivity contribution is 5.94. The summed E-state index contributed by atoms with van der Waals surface area (Å²) in [5, 5.41) is 8.70. The van der Waals surface area contributed by atoms with Gasteiger partial charge in [0.25, 0.3) is 0 Å². The second kappa shape index (κ2) is 5.89. The molecule has 0 aliphatic carbocycles. The summed E-state index contributed by atoms with van der Waals surface area (Å²) < 4.78 is 0. The average Bonchev–Trinajstić information content (AvgIpc) is 2.72. The normalized spacial score (nSPS) is 15.6. The quantitative estimate of drug-likeness (QED) is 0.454. The Hall–Kier alpha value is -3.32. The van der Waals surface area contributed by atoms with Gasteiger partial charge in [-0.05, 0) is 56.1 Å². The summed E-state index contributed by atoms with van der Waals surface area (Å²) in [6.45, 7) is 4.05. The van der Waals surface area contributed by atoms with Crippen molar-refractivity contribution >= 4 is 33.7 Å². The Kier molecular flexibility index (Phi) is 3.39. The molecular weight excluding hydrogens is 314 g/mol. The SMILES string of the molecule is C=Cc1ccc2ccccc2c1C1NC=Cc2c1ccc1ccccc21. The van der Waals surface area contributed by atoms with Gasteiger partial charge in [-0.25, -0.2) is 0 Å². The molecule has 1 heterocycles. The minimum atomic E-state index is 0.110. The van der Waals surface area contributed by atoms with Crippen molar-refractivity contribution in [2.24, 2.45) is 0 Å². The minimum absolute atomic E-state index is 0.110. The Morgan fingerprint density at radius 1 is 0.769 bits per heavy atom. The molecule has 0 saturated heterocycles. The first kappa shape index (κ1) is 15.0. The maximum atomic E-state index is 4.05. The largest absolute Gasteiger partial charge is 0.380 e. The lowest BCUT2D eigenvalue weighted by molar-refractivity contribution is 0.727. The van der Waals surface area contributed by atoms with E-state index in [1.54, 1.807) is 0 Å². The van der Waals surface area contributed by atoms with Crippen molar-refractivity contribution in [1.82, 2.24) is 5.32 Å². The Labute approximate surface area is 153 Å². The Morgan fingerprint density at radius 2 is 1.46 bits per heavy atom. The van der Waals surface area contributed by atoms with Crippen molar-refractivity contribution in [2.45, 2.75) is 6.04 Å². The van der Waals surface area contributed by atoms with Crippen LogP contribution in [0.4, 0.5) is 0 Å². The molecule has 1 atom stereocenters. The van der Waals surface area contributed by atoms with E-state index in [9.17, 15) is 0 Å². The lowest BCUT2D eigenvalue weighted by Crippen LogP contribution is -2.22. The van der Waals surface area contributed by atoms with E-state index in [4.69, 9.17) is 0 Å². The molecule has 1 aliphatic heterocycles. The average molecular weight is 333 g/mol. The zero-order valence-corrected chi connectivity index (χ0v) is 14.4. The van der Waals surface area contributed by atoms with Crippen LogP contribution < -0.4 is 5.32 Å². The lowest BCUT2D eigenvalue weighted by Gasteiger charge is -2.28. The fourth-order valence-corrected chi connectivity index (χ4v) is 4.12. The molecule has 26 heavy (non-hydrogen) atoms. The van der Waals surface area contributed by atoms with Gasteiger partial charge in [-0.15, -0.1) is 0 Å². The van der Waals surface area contributed by atoms with E-state index in [-0.39, 0.29) is 6.04 Å². The van der Waals surface area contributed by atoms with Crippen LogP contribution in [0.1, 0.15) is 28.3 Å². The van der Waals surface area contributed by atoms with Crippen LogP contribution in [-0.4, -0.2) is 0 Å².